The number of anilines is 1. The van der Waals surface area contributed by atoms with E-state index in [4.69, 9.17) is 0 Å². The highest BCUT2D eigenvalue weighted by molar-refractivity contribution is 6.03. The van der Waals surface area contributed by atoms with Crippen molar-refractivity contribution in [2.24, 2.45) is 0 Å². The number of H-pyrrole nitrogens is 1. The molecule has 8 heteroatoms. The van der Waals surface area contributed by atoms with E-state index in [0.29, 0.717) is 11.4 Å². The summed E-state index contributed by atoms with van der Waals surface area (Å²) >= 11 is 0. The summed E-state index contributed by atoms with van der Waals surface area (Å²) in [6.07, 6.45) is 1.86. The summed E-state index contributed by atoms with van der Waals surface area (Å²) in [7, 11) is 0. The third-order valence-electron chi connectivity index (χ3n) is 2.73. The highest BCUT2D eigenvalue weighted by atomic mass is 16.2. The number of hydrogen-bond donors (Lipinski definition) is 2. The van der Waals surface area contributed by atoms with Crippen LogP contribution in [0.5, 0.6) is 0 Å². The number of tetrazole rings is 1. The molecule has 3 rings (SSSR count). The van der Waals surface area contributed by atoms with E-state index in [0.717, 1.165) is 11.2 Å². The monoisotopic (exact) mass is 257 g/mol. The van der Waals surface area contributed by atoms with Crippen LogP contribution in [0.2, 0.25) is 0 Å². The van der Waals surface area contributed by atoms with Gasteiger partial charge in [-0.05, 0) is 30.7 Å². The largest absolute Gasteiger partial charge is 0.295 e. The van der Waals surface area contributed by atoms with Crippen molar-refractivity contribution >= 4 is 17.5 Å². The number of pyridine rings is 1. The van der Waals surface area contributed by atoms with Crippen LogP contribution in [0.4, 0.5) is 5.95 Å². The molecule has 8 nitrogen and oxygen atoms in total. The number of nitrogens with zero attached hydrogens (tertiary/aromatic N) is 5. The summed E-state index contributed by atoms with van der Waals surface area (Å²) < 4.78 is 1.75. The number of carbonyl (C=O) groups excluding carboxylic acids is 1. The summed E-state index contributed by atoms with van der Waals surface area (Å²) in [4.78, 5) is 16.6. The van der Waals surface area contributed by atoms with Crippen LogP contribution in [0.15, 0.2) is 18.3 Å². The van der Waals surface area contributed by atoms with E-state index in [1.165, 1.54) is 0 Å². The molecule has 0 saturated carbocycles. The first-order valence-electron chi connectivity index (χ1n) is 5.65. The second kappa shape index (κ2) is 4.16. The summed E-state index contributed by atoms with van der Waals surface area (Å²) in [5.74, 6) is -0.191. The Kier molecular flexibility index (Phi) is 2.48. The number of fused-ring (bicyclic) bond motifs is 1. The van der Waals surface area contributed by atoms with Crippen molar-refractivity contribution in [2.75, 3.05) is 5.32 Å². The number of imidazole rings is 1. The van der Waals surface area contributed by atoms with Crippen LogP contribution < -0.4 is 5.32 Å². The highest BCUT2D eigenvalue weighted by Crippen LogP contribution is 2.14. The normalized spacial score (nSPS) is 10.8. The zero-order chi connectivity index (χ0) is 13.4. The number of amides is 1. The smallest absolute Gasteiger partial charge is 0.277 e. The standard InChI is InChI=1S/C11H11N7O/c1-6-3-4-8-12-7(2)9(18(8)5-6)10(19)13-11-14-16-17-15-11/h3-5H,1-2H3,(H2,13,14,15,16,17,19). The minimum Gasteiger partial charge on any atom is -0.295 e. The van der Waals surface area contributed by atoms with E-state index in [-0.39, 0.29) is 11.9 Å². The van der Waals surface area contributed by atoms with Crippen molar-refractivity contribution in [3.8, 4) is 0 Å². The Morgan fingerprint density at radius 1 is 1.37 bits per heavy atom. The quantitative estimate of drug-likeness (QED) is 0.704. The average molecular weight is 257 g/mol. The Labute approximate surface area is 107 Å². The van der Waals surface area contributed by atoms with Gasteiger partial charge in [-0.15, -0.1) is 5.10 Å². The number of hydrogen-bond acceptors (Lipinski definition) is 5. The minimum absolute atomic E-state index is 0.131. The van der Waals surface area contributed by atoms with Gasteiger partial charge in [0.2, 0.25) is 0 Å². The molecular weight excluding hydrogens is 246 g/mol. The summed E-state index contributed by atoms with van der Waals surface area (Å²) in [5.41, 5.74) is 2.87. The van der Waals surface area contributed by atoms with E-state index in [2.05, 4.69) is 30.9 Å². The van der Waals surface area contributed by atoms with Gasteiger partial charge >= 0.3 is 0 Å². The average Bonchev–Trinajstić information content (AvgIpc) is 2.95. The first kappa shape index (κ1) is 11.3. The third-order valence-corrected chi connectivity index (χ3v) is 2.73. The molecule has 0 bridgehead atoms. The zero-order valence-corrected chi connectivity index (χ0v) is 10.4. The van der Waals surface area contributed by atoms with Crippen LogP contribution >= 0.6 is 0 Å². The maximum Gasteiger partial charge on any atom is 0.277 e. The number of aromatic amines is 1. The number of aryl methyl sites for hydroxylation is 2. The van der Waals surface area contributed by atoms with Crippen LogP contribution in [-0.2, 0) is 0 Å². The topological polar surface area (TPSA) is 101 Å². The number of aromatic nitrogens is 6. The van der Waals surface area contributed by atoms with Crippen molar-refractivity contribution in [2.45, 2.75) is 13.8 Å². The number of nitrogens with one attached hydrogen (secondary N) is 2. The second-order valence-corrected chi connectivity index (χ2v) is 4.17. The summed E-state index contributed by atoms with van der Waals surface area (Å²) in [6, 6.07) is 3.82. The molecule has 0 radical (unpaired) electrons. The van der Waals surface area contributed by atoms with Gasteiger partial charge in [0.25, 0.3) is 11.9 Å². The Morgan fingerprint density at radius 3 is 2.95 bits per heavy atom. The molecule has 0 fully saturated rings. The first-order valence-corrected chi connectivity index (χ1v) is 5.65. The van der Waals surface area contributed by atoms with Gasteiger partial charge in [-0.25, -0.2) is 4.98 Å². The number of rotatable bonds is 2. The predicted octanol–water partition coefficient (Wildman–Crippen LogP) is 0.717. The molecule has 0 aromatic carbocycles. The first-order chi connectivity index (χ1) is 9.15. The molecular formula is C11H11N7O. The molecule has 0 aliphatic heterocycles. The van der Waals surface area contributed by atoms with Crippen LogP contribution in [-0.4, -0.2) is 35.9 Å². The van der Waals surface area contributed by atoms with E-state index in [1.54, 1.807) is 11.3 Å². The van der Waals surface area contributed by atoms with Crippen LogP contribution in [0, 0.1) is 13.8 Å². The Morgan fingerprint density at radius 2 is 2.21 bits per heavy atom. The molecule has 0 unspecified atom stereocenters. The van der Waals surface area contributed by atoms with E-state index < -0.39 is 0 Å². The molecule has 0 aliphatic rings. The summed E-state index contributed by atoms with van der Waals surface area (Å²) in [5, 5.41) is 15.6. The van der Waals surface area contributed by atoms with E-state index in [9.17, 15) is 4.79 Å². The van der Waals surface area contributed by atoms with Gasteiger partial charge in [0.15, 0.2) is 0 Å². The molecule has 0 aliphatic carbocycles. The molecule has 3 aromatic rings. The lowest BCUT2D eigenvalue weighted by Crippen LogP contribution is -2.16. The van der Waals surface area contributed by atoms with Crippen molar-refractivity contribution in [1.29, 1.82) is 0 Å². The number of carbonyl (C=O) groups is 1. The lowest BCUT2D eigenvalue weighted by atomic mass is 10.3. The van der Waals surface area contributed by atoms with Crippen molar-refractivity contribution < 1.29 is 4.79 Å². The fraction of sp³-hybridized carbons (Fsp3) is 0.182. The molecule has 3 aromatic heterocycles. The van der Waals surface area contributed by atoms with Gasteiger partial charge in [-0.2, -0.15) is 5.21 Å². The molecule has 3 heterocycles. The van der Waals surface area contributed by atoms with Gasteiger partial charge in [0, 0.05) is 6.20 Å². The van der Waals surface area contributed by atoms with Gasteiger partial charge in [-0.1, -0.05) is 11.2 Å². The molecule has 96 valence electrons. The third kappa shape index (κ3) is 1.92. The zero-order valence-electron chi connectivity index (χ0n) is 10.4. The van der Waals surface area contributed by atoms with E-state index in [1.807, 2.05) is 25.3 Å². The van der Waals surface area contributed by atoms with Gasteiger partial charge < -0.3 is 0 Å². The van der Waals surface area contributed by atoms with Crippen molar-refractivity contribution in [3.05, 3.63) is 35.3 Å². The Balaban J connectivity index is 2.06. The van der Waals surface area contributed by atoms with Crippen LogP contribution in [0.3, 0.4) is 0 Å². The van der Waals surface area contributed by atoms with Crippen LogP contribution in [0.1, 0.15) is 21.7 Å². The van der Waals surface area contributed by atoms with Crippen molar-refractivity contribution in [1.82, 2.24) is 30.0 Å². The molecule has 0 saturated heterocycles. The van der Waals surface area contributed by atoms with Crippen LogP contribution in [0.25, 0.3) is 5.65 Å². The molecule has 0 atom stereocenters. The second-order valence-electron chi connectivity index (χ2n) is 4.17. The maximum atomic E-state index is 12.2. The molecule has 19 heavy (non-hydrogen) atoms. The SMILES string of the molecule is Cc1ccc2nc(C)c(C(=O)Nc3nn[nH]n3)n2c1. The Bertz CT molecular complexity index is 744. The molecule has 2 N–H and O–H groups in total. The van der Waals surface area contributed by atoms with Gasteiger partial charge in [-0.3, -0.25) is 14.5 Å². The lowest BCUT2D eigenvalue weighted by Gasteiger charge is -2.03. The van der Waals surface area contributed by atoms with Crippen molar-refractivity contribution in [3.63, 3.8) is 0 Å². The maximum absolute atomic E-state index is 12.2. The Hall–Kier alpha value is -2.77. The summed E-state index contributed by atoms with van der Waals surface area (Å²) in [6.45, 7) is 3.74. The van der Waals surface area contributed by atoms with E-state index >= 15 is 0 Å². The lowest BCUT2D eigenvalue weighted by molar-refractivity contribution is 0.102. The molecule has 0 spiro atoms. The fourth-order valence-corrected chi connectivity index (χ4v) is 1.92. The van der Waals surface area contributed by atoms with Gasteiger partial charge in [0.1, 0.15) is 11.3 Å². The minimum atomic E-state index is -0.322. The fourth-order valence-electron chi connectivity index (χ4n) is 1.92. The predicted molar refractivity (Wildman–Crippen MR) is 66.8 cm³/mol. The van der Waals surface area contributed by atoms with Gasteiger partial charge in [0.05, 0.1) is 5.69 Å². The highest BCUT2D eigenvalue weighted by Gasteiger charge is 2.17. The molecule has 1 amide bonds.